The summed E-state index contributed by atoms with van der Waals surface area (Å²) in [6.07, 6.45) is 3.70. The Hall–Kier alpha value is -1.81. The predicted octanol–water partition coefficient (Wildman–Crippen LogP) is 2.64. The second-order valence-corrected chi connectivity index (χ2v) is 4.87. The number of aromatic nitrogens is 2. The molecule has 0 fully saturated rings. The first-order chi connectivity index (χ1) is 9.17. The van der Waals surface area contributed by atoms with E-state index < -0.39 is 0 Å². The highest BCUT2D eigenvalue weighted by Gasteiger charge is 2.11. The molecule has 0 spiro atoms. The summed E-state index contributed by atoms with van der Waals surface area (Å²) in [4.78, 5) is 4.21. The first-order valence-corrected chi connectivity index (χ1v) is 6.56. The average Bonchev–Trinajstić information content (AvgIpc) is 2.86. The van der Waals surface area contributed by atoms with E-state index in [-0.39, 0.29) is 0 Å². The van der Waals surface area contributed by atoms with Gasteiger partial charge in [-0.3, -0.25) is 0 Å². The van der Waals surface area contributed by atoms with E-state index in [0.29, 0.717) is 12.5 Å². The molecule has 0 aliphatic carbocycles. The van der Waals surface area contributed by atoms with E-state index in [1.807, 2.05) is 18.6 Å². The van der Waals surface area contributed by atoms with Gasteiger partial charge in [-0.05, 0) is 29.7 Å². The van der Waals surface area contributed by atoms with E-state index in [4.69, 9.17) is 10.5 Å². The first-order valence-electron chi connectivity index (χ1n) is 6.56. The zero-order valence-electron chi connectivity index (χ0n) is 11.8. The van der Waals surface area contributed by atoms with Crippen molar-refractivity contribution in [2.75, 3.05) is 13.7 Å². The molecule has 0 saturated heterocycles. The van der Waals surface area contributed by atoms with Gasteiger partial charge in [-0.2, -0.15) is 0 Å². The van der Waals surface area contributed by atoms with Crippen LogP contribution in [0.5, 0.6) is 5.75 Å². The Kier molecular flexibility index (Phi) is 4.22. The Morgan fingerprint density at radius 1 is 1.37 bits per heavy atom. The van der Waals surface area contributed by atoms with Crippen molar-refractivity contribution in [3.05, 3.63) is 36.3 Å². The second-order valence-electron chi connectivity index (χ2n) is 4.87. The summed E-state index contributed by atoms with van der Waals surface area (Å²) in [6.45, 7) is 5.71. The average molecular weight is 259 g/mol. The van der Waals surface area contributed by atoms with E-state index in [9.17, 15) is 0 Å². The lowest BCUT2D eigenvalue weighted by molar-refractivity contribution is 0.407. The minimum absolute atomic E-state index is 0.417. The molecular formula is C15H21N3O. The molecule has 0 atom stereocenters. The maximum Gasteiger partial charge on any atom is 0.122 e. The fourth-order valence-corrected chi connectivity index (χ4v) is 2.22. The van der Waals surface area contributed by atoms with Gasteiger partial charge in [-0.15, -0.1) is 0 Å². The van der Waals surface area contributed by atoms with E-state index >= 15 is 0 Å². The van der Waals surface area contributed by atoms with Crippen LogP contribution < -0.4 is 10.5 Å². The van der Waals surface area contributed by atoms with E-state index in [1.54, 1.807) is 7.11 Å². The van der Waals surface area contributed by atoms with Crippen molar-refractivity contribution in [2.45, 2.75) is 26.3 Å². The normalized spacial score (nSPS) is 11.0. The summed E-state index contributed by atoms with van der Waals surface area (Å²) in [5, 5.41) is 0. The van der Waals surface area contributed by atoms with Gasteiger partial charge in [0, 0.05) is 18.7 Å². The SMILES string of the molecule is COc1ccc(-c2cncn2CCN)cc1C(C)C. The monoisotopic (exact) mass is 259 g/mol. The van der Waals surface area contributed by atoms with Gasteiger partial charge in [0.25, 0.3) is 0 Å². The number of ether oxygens (including phenoxy) is 1. The van der Waals surface area contributed by atoms with Crippen LogP contribution in [0.4, 0.5) is 0 Å². The Balaban J connectivity index is 2.45. The molecule has 0 bridgehead atoms. The molecule has 2 N–H and O–H groups in total. The molecule has 0 aliphatic heterocycles. The molecule has 102 valence electrons. The molecule has 0 radical (unpaired) electrons. The lowest BCUT2D eigenvalue weighted by Crippen LogP contribution is -2.10. The highest BCUT2D eigenvalue weighted by atomic mass is 16.5. The van der Waals surface area contributed by atoms with E-state index in [1.165, 1.54) is 5.56 Å². The maximum atomic E-state index is 5.62. The minimum Gasteiger partial charge on any atom is -0.496 e. The molecule has 0 saturated carbocycles. The number of benzene rings is 1. The molecule has 0 amide bonds. The van der Waals surface area contributed by atoms with Crippen molar-refractivity contribution in [3.63, 3.8) is 0 Å². The van der Waals surface area contributed by atoms with Crippen LogP contribution in [-0.2, 0) is 6.54 Å². The summed E-state index contributed by atoms with van der Waals surface area (Å²) in [6, 6.07) is 6.26. The third-order valence-electron chi connectivity index (χ3n) is 3.23. The Morgan fingerprint density at radius 2 is 2.16 bits per heavy atom. The van der Waals surface area contributed by atoms with Crippen molar-refractivity contribution in [1.29, 1.82) is 0 Å². The number of nitrogens with zero attached hydrogens (tertiary/aromatic N) is 2. The Labute approximate surface area is 114 Å². The molecular weight excluding hydrogens is 238 g/mol. The van der Waals surface area contributed by atoms with Crippen LogP contribution in [0, 0.1) is 0 Å². The van der Waals surface area contributed by atoms with Crippen molar-refractivity contribution < 1.29 is 4.74 Å². The lowest BCUT2D eigenvalue weighted by atomic mass is 9.98. The Morgan fingerprint density at radius 3 is 2.79 bits per heavy atom. The van der Waals surface area contributed by atoms with Crippen molar-refractivity contribution >= 4 is 0 Å². The molecule has 1 aromatic carbocycles. The summed E-state index contributed by atoms with van der Waals surface area (Å²) in [7, 11) is 1.71. The van der Waals surface area contributed by atoms with Gasteiger partial charge >= 0.3 is 0 Å². The van der Waals surface area contributed by atoms with Gasteiger partial charge in [0.2, 0.25) is 0 Å². The number of hydrogen-bond acceptors (Lipinski definition) is 3. The summed E-state index contributed by atoms with van der Waals surface area (Å²) < 4.78 is 7.49. The summed E-state index contributed by atoms with van der Waals surface area (Å²) >= 11 is 0. The number of imidazole rings is 1. The molecule has 2 rings (SSSR count). The fourth-order valence-electron chi connectivity index (χ4n) is 2.22. The predicted molar refractivity (Wildman–Crippen MR) is 77.4 cm³/mol. The Bertz CT molecular complexity index is 546. The van der Waals surface area contributed by atoms with Crippen LogP contribution in [0.15, 0.2) is 30.7 Å². The van der Waals surface area contributed by atoms with E-state index in [2.05, 4.69) is 35.5 Å². The second kappa shape index (κ2) is 5.89. The molecule has 0 aliphatic rings. The van der Waals surface area contributed by atoms with Crippen LogP contribution in [0.3, 0.4) is 0 Å². The summed E-state index contributed by atoms with van der Waals surface area (Å²) in [5.74, 6) is 1.35. The molecule has 1 aromatic heterocycles. The van der Waals surface area contributed by atoms with E-state index in [0.717, 1.165) is 23.6 Å². The van der Waals surface area contributed by atoms with Gasteiger partial charge in [-0.25, -0.2) is 4.98 Å². The van der Waals surface area contributed by atoms with Crippen molar-refractivity contribution in [1.82, 2.24) is 9.55 Å². The lowest BCUT2D eigenvalue weighted by Gasteiger charge is -2.14. The molecule has 4 heteroatoms. The molecule has 1 heterocycles. The number of methoxy groups -OCH3 is 1. The zero-order valence-corrected chi connectivity index (χ0v) is 11.8. The largest absolute Gasteiger partial charge is 0.496 e. The van der Waals surface area contributed by atoms with Gasteiger partial charge in [-0.1, -0.05) is 13.8 Å². The maximum absolute atomic E-state index is 5.62. The van der Waals surface area contributed by atoms with Gasteiger partial charge in [0.05, 0.1) is 25.3 Å². The smallest absolute Gasteiger partial charge is 0.122 e. The van der Waals surface area contributed by atoms with Crippen molar-refractivity contribution in [3.8, 4) is 17.0 Å². The molecule has 19 heavy (non-hydrogen) atoms. The highest BCUT2D eigenvalue weighted by Crippen LogP contribution is 2.31. The van der Waals surface area contributed by atoms with Gasteiger partial charge in [0.1, 0.15) is 5.75 Å². The third-order valence-corrected chi connectivity index (χ3v) is 3.23. The first kappa shape index (κ1) is 13.6. The van der Waals surface area contributed by atoms with Gasteiger partial charge in [0.15, 0.2) is 0 Å². The number of hydrogen-bond donors (Lipinski definition) is 1. The quantitative estimate of drug-likeness (QED) is 0.898. The summed E-state index contributed by atoms with van der Waals surface area (Å²) in [5.41, 5.74) is 9.07. The highest BCUT2D eigenvalue weighted by molar-refractivity contribution is 5.62. The fraction of sp³-hybridized carbons (Fsp3) is 0.400. The van der Waals surface area contributed by atoms with Gasteiger partial charge < -0.3 is 15.0 Å². The standard InChI is InChI=1S/C15H21N3O/c1-11(2)13-8-12(4-5-15(13)19-3)14-9-17-10-18(14)7-6-16/h4-5,8-11H,6-7,16H2,1-3H3. The van der Waals surface area contributed by atoms with Crippen LogP contribution in [0.2, 0.25) is 0 Å². The zero-order chi connectivity index (χ0) is 13.8. The minimum atomic E-state index is 0.417. The van der Waals surface area contributed by atoms with Crippen LogP contribution >= 0.6 is 0 Å². The molecule has 0 unspecified atom stereocenters. The van der Waals surface area contributed by atoms with Crippen LogP contribution in [-0.4, -0.2) is 23.2 Å². The third kappa shape index (κ3) is 2.79. The topological polar surface area (TPSA) is 53.1 Å². The number of rotatable bonds is 5. The van der Waals surface area contributed by atoms with Crippen LogP contribution in [0.25, 0.3) is 11.3 Å². The van der Waals surface area contributed by atoms with Crippen LogP contribution in [0.1, 0.15) is 25.3 Å². The van der Waals surface area contributed by atoms with Crippen molar-refractivity contribution in [2.24, 2.45) is 5.73 Å². The molecule has 4 nitrogen and oxygen atoms in total. The number of nitrogens with two attached hydrogens (primary N) is 1. The molecule has 2 aromatic rings.